The summed E-state index contributed by atoms with van der Waals surface area (Å²) in [6, 6.07) is 17.8. The van der Waals surface area contributed by atoms with E-state index in [-0.39, 0.29) is 4.90 Å². The van der Waals surface area contributed by atoms with Crippen LogP contribution in [-0.2, 0) is 16.6 Å². The number of ether oxygens (including phenoxy) is 1. The van der Waals surface area contributed by atoms with E-state index in [9.17, 15) is 8.42 Å². The van der Waals surface area contributed by atoms with E-state index in [0.29, 0.717) is 34.7 Å². The van der Waals surface area contributed by atoms with Crippen molar-refractivity contribution in [3.8, 4) is 5.75 Å². The first-order valence-electron chi connectivity index (χ1n) is 9.01. The molecule has 8 heteroatoms. The second kappa shape index (κ2) is 7.56. The minimum absolute atomic E-state index is 0.151. The lowest BCUT2D eigenvalue weighted by Crippen LogP contribution is -2.13. The van der Waals surface area contributed by atoms with Crippen molar-refractivity contribution in [3.05, 3.63) is 78.1 Å². The summed E-state index contributed by atoms with van der Waals surface area (Å²) in [7, 11) is -2.23. The number of fused-ring (bicyclic) bond motifs is 1. The van der Waals surface area contributed by atoms with Crippen LogP contribution in [0.1, 0.15) is 11.3 Å². The fourth-order valence-corrected chi connectivity index (χ4v) is 4.26. The first-order chi connectivity index (χ1) is 14.0. The van der Waals surface area contributed by atoms with Gasteiger partial charge in [0, 0.05) is 6.20 Å². The summed E-state index contributed by atoms with van der Waals surface area (Å²) in [5, 5.41) is 5.25. The Morgan fingerprint density at radius 1 is 1.03 bits per heavy atom. The molecule has 1 N–H and O–H groups in total. The van der Waals surface area contributed by atoms with E-state index in [0.717, 1.165) is 5.56 Å². The largest absolute Gasteiger partial charge is 0.497 e. The van der Waals surface area contributed by atoms with Crippen LogP contribution < -0.4 is 9.46 Å². The van der Waals surface area contributed by atoms with Gasteiger partial charge >= 0.3 is 0 Å². The van der Waals surface area contributed by atoms with Crippen LogP contribution in [0.2, 0.25) is 0 Å². The van der Waals surface area contributed by atoms with E-state index >= 15 is 0 Å². The van der Waals surface area contributed by atoms with Crippen LogP contribution in [0.4, 0.5) is 5.69 Å². The average Bonchev–Trinajstić information content (AvgIpc) is 3.05. The first-order valence-corrected chi connectivity index (χ1v) is 10.5. The first kappa shape index (κ1) is 18.9. The van der Waals surface area contributed by atoms with Gasteiger partial charge in [-0.25, -0.2) is 18.1 Å². The molecule has 0 atom stereocenters. The van der Waals surface area contributed by atoms with Crippen molar-refractivity contribution in [2.45, 2.75) is 18.4 Å². The molecule has 0 amide bonds. The number of aryl methyl sites for hydroxylation is 1. The number of aromatic nitrogens is 3. The minimum atomic E-state index is -3.77. The summed E-state index contributed by atoms with van der Waals surface area (Å²) >= 11 is 0. The fraction of sp³-hybridized carbons (Fsp3) is 0.143. The summed E-state index contributed by atoms with van der Waals surface area (Å²) in [6.45, 7) is 2.39. The number of hydrogen-bond acceptors (Lipinski definition) is 5. The molecular weight excluding hydrogens is 388 g/mol. The molecule has 0 fully saturated rings. The lowest BCUT2D eigenvalue weighted by Gasteiger charge is -2.10. The average molecular weight is 408 g/mol. The fourth-order valence-electron chi connectivity index (χ4n) is 3.19. The summed E-state index contributed by atoms with van der Waals surface area (Å²) in [5.74, 6) is 0.591. The number of nitrogens with zero attached hydrogens (tertiary/aromatic N) is 3. The molecule has 0 aliphatic rings. The number of hydrogen-bond donors (Lipinski definition) is 1. The Balaban J connectivity index is 1.71. The van der Waals surface area contributed by atoms with E-state index in [1.165, 1.54) is 19.2 Å². The molecule has 29 heavy (non-hydrogen) atoms. The van der Waals surface area contributed by atoms with Gasteiger partial charge in [0.2, 0.25) is 0 Å². The van der Waals surface area contributed by atoms with E-state index < -0.39 is 10.0 Å². The van der Waals surface area contributed by atoms with Gasteiger partial charge in [0.15, 0.2) is 5.65 Å². The highest BCUT2D eigenvalue weighted by Crippen LogP contribution is 2.28. The zero-order valence-electron chi connectivity index (χ0n) is 16.0. The molecule has 7 nitrogen and oxygen atoms in total. The third-order valence-corrected chi connectivity index (χ3v) is 5.98. The number of rotatable bonds is 6. The summed E-state index contributed by atoms with van der Waals surface area (Å²) in [5.41, 5.74) is 2.86. The number of anilines is 1. The zero-order valence-corrected chi connectivity index (χ0v) is 16.8. The van der Waals surface area contributed by atoms with E-state index in [2.05, 4.69) is 14.8 Å². The van der Waals surface area contributed by atoms with Gasteiger partial charge < -0.3 is 4.74 Å². The molecule has 0 saturated heterocycles. The lowest BCUT2D eigenvalue weighted by molar-refractivity contribution is 0.414. The monoisotopic (exact) mass is 408 g/mol. The molecule has 2 aromatic carbocycles. The van der Waals surface area contributed by atoms with Crippen molar-refractivity contribution in [2.24, 2.45) is 0 Å². The molecule has 2 aromatic heterocycles. The molecule has 0 unspecified atom stereocenters. The Morgan fingerprint density at radius 2 is 1.76 bits per heavy atom. The van der Waals surface area contributed by atoms with Gasteiger partial charge in [0.1, 0.15) is 5.75 Å². The normalized spacial score (nSPS) is 11.5. The summed E-state index contributed by atoms with van der Waals surface area (Å²) in [4.78, 5) is 4.58. The molecule has 0 radical (unpaired) electrons. The maximum atomic E-state index is 12.9. The van der Waals surface area contributed by atoms with Gasteiger partial charge in [-0.2, -0.15) is 5.10 Å². The Kier molecular flexibility index (Phi) is 4.94. The highest BCUT2D eigenvalue weighted by Gasteiger charge is 2.19. The van der Waals surface area contributed by atoms with Crippen LogP contribution in [0.15, 0.2) is 71.8 Å². The number of sulfonamides is 1. The zero-order chi connectivity index (χ0) is 20.4. The molecule has 4 aromatic rings. The SMILES string of the molecule is COc1ccc(S(=O)(=O)Nc2ccnc3c2c(C)nn3Cc2ccccc2)cc1. The van der Waals surface area contributed by atoms with E-state index in [4.69, 9.17) is 4.74 Å². The minimum Gasteiger partial charge on any atom is -0.497 e. The van der Waals surface area contributed by atoms with Crippen LogP contribution in [0.3, 0.4) is 0 Å². The van der Waals surface area contributed by atoms with Gasteiger partial charge in [-0.05, 0) is 42.8 Å². The van der Waals surface area contributed by atoms with Gasteiger partial charge in [0.25, 0.3) is 10.0 Å². The molecule has 2 heterocycles. The molecule has 0 spiro atoms. The molecule has 0 saturated carbocycles. The van der Waals surface area contributed by atoms with Crippen molar-refractivity contribution in [3.63, 3.8) is 0 Å². The Hall–Kier alpha value is -3.39. The van der Waals surface area contributed by atoms with Crippen molar-refractivity contribution in [1.29, 1.82) is 0 Å². The topological polar surface area (TPSA) is 86.1 Å². The third-order valence-electron chi connectivity index (χ3n) is 4.60. The Labute approximate surface area is 169 Å². The predicted octanol–water partition coefficient (Wildman–Crippen LogP) is 3.60. The maximum absolute atomic E-state index is 12.9. The highest BCUT2D eigenvalue weighted by molar-refractivity contribution is 7.92. The number of pyridine rings is 1. The van der Waals surface area contributed by atoms with Gasteiger partial charge in [-0.3, -0.25) is 4.72 Å². The van der Waals surface area contributed by atoms with Crippen LogP contribution in [0.25, 0.3) is 11.0 Å². The van der Waals surface area contributed by atoms with Gasteiger partial charge in [-0.1, -0.05) is 30.3 Å². The number of nitrogens with one attached hydrogen (secondary N) is 1. The van der Waals surface area contributed by atoms with Crippen LogP contribution in [-0.4, -0.2) is 30.3 Å². The Morgan fingerprint density at radius 3 is 2.45 bits per heavy atom. The third kappa shape index (κ3) is 3.79. The molecule has 0 aliphatic carbocycles. The number of benzene rings is 2. The van der Waals surface area contributed by atoms with Crippen molar-refractivity contribution >= 4 is 26.7 Å². The second-order valence-corrected chi connectivity index (χ2v) is 8.25. The Bertz CT molecular complexity index is 1250. The van der Waals surface area contributed by atoms with Crippen LogP contribution >= 0.6 is 0 Å². The molecule has 0 aliphatic heterocycles. The van der Waals surface area contributed by atoms with Crippen molar-refractivity contribution in [2.75, 3.05) is 11.8 Å². The van der Waals surface area contributed by atoms with Crippen LogP contribution in [0, 0.1) is 6.92 Å². The summed E-state index contributed by atoms with van der Waals surface area (Å²) in [6.07, 6.45) is 1.58. The standard InChI is InChI=1S/C21H20N4O3S/c1-15-20-19(24-29(26,27)18-10-8-17(28-2)9-11-18)12-13-22-21(20)25(23-15)14-16-6-4-3-5-7-16/h3-13H,14H2,1-2H3,(H,22,24). The summed E-state index contributed by atoms with van der Waals surface area (Å²) < 4.78 is 35.3. The quantitative estimate of drug-likeness (QED) is 0.527. The molecule has 148 valence electrons. The molecule has 4 rings (SSSR count). The number of methoxy groups -OCH3 is 1. The van der Waals surface area contributed by atoms with Crippen molar-refractivity contribution in [1.82, 2.24) is 14.8 Å². The lowest BCUT2D eigenvalue weighted by atomic mass is 10.2. The predicted molar refractivity (Wildman–Crippen MR) is 112 cm³/mol. The second-order valence-electron chi connectivity index (χ2n) is 6.57. The van der Waals surface area contributed by atoms with Crippen molar-refractivity contribution < 1.29 is 13.2 Å². The highest BCUT2D eigenvalue weighted by atomic mass is 32.2. The van der Waals surface area contributed by atoms with E-state index in [1.54, 1.807) is 29.1 Å². The smallest absolute Gasteiger partial charge is 0.261 e. The van der Waals surface area contributed by atoms with E-state index in [1.807, 2.05) is 37.3 Å². The maximum Gasteiger partial charge on any atom is 0.261 e. The van der Waals surface area contributed by atoms with Gasteiger partial charge in [-0.15, -0.1) is 0 Å². The van der Waals surface area contributed by atoms with Crippen LogP contribution in [0.5, 0.6) is 5.75 Å². The van der Waals surface area contributed by atoms with Gasteiger partial charge in [0.05, 0.1) is 35.3 Å². The molecular formula is C21H20N4O3S. The molecule has 0 bridgehead atoms.